The van der Waals surface area contributed by atoms with Crippen LogP contribution in [0.15, 0.2) is 30.5 Å². The fourth-order valence-corrected chi connectivity index (χ4v) is 2.59. The molecule has 106 valence electrons. The Morgan fingerprint density at radius 1 is 1.25 bits per heavy atom. The molecule has 1 N–H and O–H groups in total. The Morgan fingerprint density at radius 3 is 2.45 bits per heavy atom. The molecule has 0 saturated heterocycles. The van der Waals surface area contributed by atoms with Gasteiger partial charge in [0.2, 0.25) is 0 Å². The molecule has 0 unspecified atom stereocenters. The average molecular weight is 301 g/mol. The highest BCUT2D eigenvalue weighted by Gasteiger charge is 2.29. The summed E-state index contributed by atoms with van der Waals surface area (Å²) in [6, 6.07) is 4.87. The molecule has 0 aliphatic carbocycles. The molecule has 0 aliphatic rings. The average Bonchev–Trinajstić information content (AvgIpc) is 2.75. The van der Waals surface area contributed by atoms with E-state index in [-0.39, 0.29) is 6.42 Å². The fraction of sp³-hybridized carbons (Fsp3) is 0.231. The van der Waals surface area contributed by atoms with Gasteiger partial charge in [0, 0.05) is 17.5 Å². The Balaban J connectivity index is 2.06. The van der Waals surface area contributed by atoms with E-state index in [2.05, 4.69) is 4.98 Å². The van der Waals surface area contributed by atoms with E-state index in [1.165, 1.54) is 29.7 Å². The van der Waals surface area contributed by atoms with Crippen LogP contribution in [0.5, 0.6) is 0 Å². The molecule has 0 saturated carbocycles. The first-order chi connectivity index (χ1) is 9.34. The first-order valence-corrected chi connectivity index (χ1v) is 6.48. The number of carboxylic acid groups (broad SMARTS) is 1. The van der Waals surface area contributed by atoms with E-state index in [1.54, 1.807) is 0 Å². The molecule has 0 fully saturated rings. The van der Waals surface area contributed by atoms with E-state index >= 15 is 0 Å². The number of carboxylic acids is 1. The van der Waals surface area contributed by atoms with E-state index in [9.17, 15) is 18.0 Å². The molecule has 7 heteroatoms. The minimum Gasteiger partial charge on any atom is -0.481 e. The molecule has 0 atom stereocenters. The molecule has 0 aliphatic heterocycles. The Bertz CT molecular complexity index is 605. The summed E-state index contributed by atoms with van der Waals surface area (Å²) in [6.07, 6.45) is -2.56. The summed E-state index contributed by atoms with van der Waals surface area (Å²) in [7, 11) is 0. The van der Waals surface area contributed by atoms with Crippen LogP contribution in [0, 0.1) is 0 Å². The number of alkyl halides is 3. The van der Waals surface area contributed by atoms with Crippen molar-refractivity contribution in [2.45, 2.75) is 19.0 Å². The predicted molar refractivity (Wildman–Crippen MR) is 67.7 cm³/mol. The topological polar surface area (TPSA) is 50.2 Å². The molecule has 2 rings (SSSR count). The third kappa shape index (κ3) is 3.80. The summed E-state index contributed by atoms with van der Waals surface area (Å²) >= 11 is 1.25. The van der Waals surface area contributed by atoms with Crippen LogP contribution in [0.25, 0.3) is 0 Å². The number of hydrogen-bond donors (Lipinski definition) is 1. The lowest BCUT2D eigenvalue weighted by Crippen LogP contribution is -2.04. The van der Waals surface area contributed by atoms with Crippen molar-refractivity contribution in [3.8, 4) is 0 Å². The summed E-state index contributed by atoms with van der Waals surface area (Å²) in [4.78, 5) is 15.2. The van der Waals surface area contributed by atoms with E-state index in [1.807, 2.05) is 0 Å². The number of benzene rings is 1. The highest BCUT2D eigenvalue weighted by molar-refractivity contribution is 7.11. The second-order valence-electron chi connectivity index (χ2n) is 4.16. The van der Waals surface area contributed by atoms with Crippen LogP contribution in [0.4, 0.5) is 13.2 Å². The molecule has 1 aromatic heterocycles. The van der Waals surface area contributed by atoms with Gasteiger partial charge in [-0.25, -0.2) is 4.98 Å². The van der Waals surface area contributed by atoms with Gasteiger partial charge in [0.15, 0.2) is 0 Å². The molecule has 2 aromatic rings. The number of hydrogen-bond acceptors (Lipinski definition) is 3. The third-order valence-corrected chi connectivity index (χ3v) is 3.56. The van der Waals surface area contributed by atoms with Crippen molar-refractivity contribution in [1.29, 1.82) is 0 Å². The summed E-state index contributed by atoms with van der Waals surface area (Å²) in [5.74, 6) is -0.935. The zero-order valence-electron chi connectivity index (χ0n) is 10.1. The Kier molecular flexibility index (Phi) is 4.08. The van der Waals surface area contributed by atoms with Crippen molar-refractivity contribution in [2.24, 2.45) is 0 Å². The van der Waals surface area contributed by atoms with Crippen molar-refractivity contribution in [1.82, 2.24) is 4.98 Å². The molecule has 1 aromatic carbocycles. The number of nitrogens with zero attached hydrogens (tertiary/aromatic N) is 1. The van der Waals surface area contributed by atoms with Crippen molar-refractivity contribution in [3.05, 3.63) is 51.5 Å². The number of aliphatic carboxylic acids is 1. The molecule has 1 heterocycles. The van der Waals surface area contributed by atoms with Gasteiger partial charge < -0.3 is 5.11 Å². The second kappa shape index (κ2) is 5.62. The molecular weight excluding hydrogens is 291 g/mol. The highest BCUT2D eigenvalue weighted by Crippen LogP contribution is 2.29. The summed E-state index contributed by atoms with van der Waals surface area (Å²) in [5.41, 5.74) is 0.0150. The first kappa shape index (κ1) is 14.5. The van der Waals surface area contributed by atoms with Crippen LogP contribution in [-0.4, -0.2) is 16.1 Å². The van der Waals surface area contributed by atoms with Gasteiger partial charge in [-0.2, -0.15) is 13.2 Å². The molecule has 0 spiro atoms. The molecule has 0 radical (unpaired) electrons. The maximum absolute atomic E-state index is 12.4. The van der Waals surface area contributed by atoms with Crippen LogP contribution in [0.1, 0.15) is 21.0 Å². The van der Waals surface area contributed by atoms with Crippen molar-refractivity contribution in [3.63, 3.8) is 0 Å². The van der Waals surface area contributed by atoms with E-state index in [0.717, 1.165) is 12.1 Å². The summed E-state index contributed by atoms with van der Waals surface area (Å²) in [5, 5.41) is 9.33. The maximum Gasteiger partial charge on any atom is 0.416 e. The molecule has 0 amide bonds. The standard InChI is InChI=1S/C13H10F3NO2S/c14-13(15,16)9-3-1-8(2-4-9)5-11-17-7-10(20-11)6-12(18)19/h1-4,7H,5-6H2,(H,18,19). The molecule has 3 nitrogen and oxygen atoms in total. The number of carbonyl (C=O) groups is 1. The number of aromatic nitrogens is 1. The molecule has 0 bridgehead atoms. The zero-order valence-corrected chi connectivity index (χ0v) is 11.0. The molecule has 20 heavy (non-hydrogen) atoms. The normalized spacial score (nSPS) is 11.6. The van der Waals surface area contributed by atoms with Crippen molar-refractivity contribution in [2.75, 3.05) is 0 Å². The second-order valence-corrected chi connectivity index (χ2v) is 5.36. The minimum absolute atomic E-state index is 0.0926. The third-order valence-electron chi connectivity index (χ3n) is 2.56. The van der Waals surface area contributed by atoms with Crippen LogP contribution >= 0.6 is 11.3 Å². The van der Waals surface area contributed by atoms with Crippen LogP contribution < -0.4 is 0 Å². The van der Waals surface area contributed by atoms with E-state index in [0.29, 0.717) is 21.9 Å². The highest BCUT2D eigenvalue weighted by atomic mass is 32.1. The fourth-order valence-electron chi connectivity index (χ4n) is 1.65. The lowest BCUT2D eigenvalue weighted by atomic mass is 10.1. The van der Waals surface area contributed by atoms with Crippen LogP contribution in [0.3, 0.4) is 0 Å². The first-order valence-electron chi connectivity index (χ1n) is 5.66. The SMILES string of the molecule is O=C(O)Cc1cnc(Cc2ccc(C(F)(F)F)cc2)s1. The Morgan fingerprint density at radius 2 is 1.90 bits per heavy atom. The van der Waals surface area contributed by atoms with Gasteiger partial charge in [0.1, 0.15) is 0 Å². The van der Waals surface area contributed by atoms with Gasteiger partial charge in [0.25, 0.3) is 0 Å². The zero-order chi connectivity index (χ0) is 14.8. The van der Waals surface area contributed by atoms with Crippen LogP contribution in [-0.2, 0) is 23.8 Å². The number of rotatable bonds is 4. The van der Waals surface area contributed by atoms with Gasteiger partial charge in [-0.05, 0) is 17.7 Å². The number of halogens is 3. The van der Waals surface area contributed by atoms with E-state index in [4.69, 9.17) is 5.11 Å². The lowest BCUT2D eigenvalue weighted by Gasteiger charge is -2.06. The Labute approximate surface area is 116 Å². The summed E-state index contributed by atoms with van der Waals surface area (Å²) < 4.78 is 37.2. The summed E-state index contributed by atoms with van der Waals surface area (Å²) in [6.45, 7) is 0. The quantitative estimate of drug-likeness (QED) is 0.942. The monoisotopic (exact) mass is 301 g/mol. The minimum atomic E-state index is -4.34. The van der Waals surface area contributed by atoms with Gasteiger partial charge in [-0.3, -0.25) is 4.79 Å². The van der Waals surface area contributed by atoms with Crippen LogP contribution in [0.2, 0.25) is 0 Å². The number of thiazole rings is 1. The van der Waals surface area contributed by atoms with Crippen molar-refractivity contribution < 1.29 is 23.1 Å². The Hall–Kier alpha value is -1.89. The van der Waals surface area contributed by atoms with Gasteiger partial charge in [0.05, 0.1) is 17.0 Å². The predicted octanol–water partition coefficient (Wildman–Crippen LogP) is 3.38. The van der Waals surface area contributed by atoms with Crippen molar-refractivity contribution >= 4 is 17.3 Å². The molecular formula is C13H10F3NO2S. The smallest absolute Gasteiger partial charge is 0.416 e. The van der Waals surface area contributed by atoms with E-state index < -0.39 is 17.7 Å². The lowest BCUT2D eigenvalue weighted by molar-refractivity contribution is -0.138. The largest absolute Gasteiger partial charge is 0.481 e. The van der Waals surface area contributed by atoms with Gasteiger partial charge >= 0.3 is 12.1 Å². The van der Waals surface area contributed by atoms with Gasteiger partial charge in [-0.1, -0.05) is 12.1 Å². The maximum atomic E-state index is 12.4. The van der Waals surface area contributed by atoms with Gasteiger partial charge in [-0.15, -0.1) is 11.3 Å².